The van der Waals surface area contributed by atoms with Gasteiger partial charge in [0.1, 0.15) is 0 Å². The van der Waals surface area contributed by atoms with E-state index in [1.165, 1.54) is 4.90 Å². The highest BCUT2D eigenvalue weighted by atomic mass is 32.2. The van der Waals surface area contributed by atoms with Gasteiger partial charge < -0.3 is 9.64 Å². The summed E-state index contributed by atoms with van der Waals surface area (Å²) in [5, 5.41) is 0. The zero-order chi connectivity index (χ0) is 20.5. The fraction of sp³-hybridized carbons (Fsp3) is 0.632. The molecule has 2 heterocycles. The van der Waals surface area contributed by atoms with Gasteiger partial charge in [-0.25, -0.2) is 0 Å². The van der Waals surface area contributed by atoms with E-state index in [0.717, 1.165) is 5.56 Å². The highest BCUT2D eigenvalue weighted by molar-refractivity contribution is 7.84. The lowest BCUT2D eigenvalue weighted by atomic mass is 9.89. The van der Waals surface area contributed by atoms with Crippen LogP contribution in [-0.2, 0) is 15.5 Å². The fourth-order valence-electron chi connectivity index (χ4n) is 3.96. The van der Waals surface area contributed by atoms with Crippen LogP contribution in [0.1, 0.15) is 28.8 Å². The molecule has 2 aliphatic heterocycles. The molecule has 1 spiro atoms. The van der Waals surface area contributed by atoms with Crippen LogP contribution in [-0.4, -0.2) is 77.3 Å². The number of benzene rings is 1. The third-order valence-corrected chi connectivity index (χ3v) is 6.37. The van der Waals surface area contributed by atoms with E-state index in [4.69, 9.17) is 4.74 Å². The first-order chi connectivity index (χ1) is 13.1. The number of morpholine rings is 1. The number of rotatable bonds is 3. The average molecular weight is 418 g/mol. The summed E-state index contributed by atoms with van der Waals surface area (Å²) in [7, 11) is -1.11. The van der Waals surface area contributed by atoms with Crippen LogP contribution in [0.5, 0.6) is 0 Å². The lowest BCUT2D eigenvalue weighted by Gasteiger charge is -2.47. The Morgan fingerprint density at radius 2 is 1.93 bits per heavy atom. The maximum Gasteiger partial charge on any atom is 0.401 e. The first kappa shape index (κ1) is 21.3. The number of aryl methyl sites for hydroxylation is 1. The summed E-state index contributed by atoms with van der Waals surface area (Å²) in [4.78, 5) is 16.7. The molecule has 1 amide bonds. The minimum atomic E-state index is -4.22. The van der Waals surface area contributed by atoms with Gasteiger partial charge in [0.25, 0.3) is 5.91 Å². The largest absolute Gasteiger partial charge is 0.401 e. The molecule has 1 unspecified atom stereocenters. The number of hydrogen-bond acceptors (Lipinski definition) is 4. The van der Waals surface area contributed by atoms with Crippen molar-refractivity contribution in [2.24, 2.45) is 0 Å². The zero-order valence-electron chi connectivity index (χ0n) is 16.1. The average Bonchev–Trinajstić information content (AvgIpc) is 2.60. The topological polar surface area (TPSA) is 49.9 Å². The van der Waals surface area contributed by atoms with Crippen LogP contribution in [0.15, 0.2) is 23.1 Å². The van der Waals surface area contributed by atoms with Crippen molar-refractivity contribution in [3.63, 3.8) is 0 Å². The molecule has 5 nitrogen and oxygen atoms in total. The van der Waals surface area contributed by atoms with E-state index in [1.54, 1.807) is 29.4 Å². The Labute approximate surface area is 165 Å². The molecule has 0 N–H and O–H groups in total. The molecule has 2 aliphatic rings. The van der Waals surface area contributed by atoms with Crippen LogP contribution in [0.3, 0.4) is 0 Å². The molecule has 1 aromatic rings. The molecule has 156 valence electrons. The van der Waals surface area contributed by atoms with E-state index in [1.807, 2.05) is 6.92 Å². The van der Waals surface area contributed by atoms with E-state index < -0.39 is 29.1 Å². The summed E-state index contributed by atoms with van der Waals surface area (Å²) in [5.41, 5.74) is 0.717. The molecule has 0 radical (unpaired) electrons. The summed E-state index contributed by atoms with van der Waals surface area (Å²) in [6, 6.07) is 5.15. The molecule has 9 heteroatoms. The van der Waals surface area contributed by atoms with Gasteiger partial charge in [0, 0.05) is 53.7 Å². The number of alkyl halides is 3. The first-order valence-electron chi connectivity index (χ1n) is 9.25. The number of halogens is 3. The quantitative estimate of drug-likeness (QED) is 0.757. The normalized spacial score (nSPS) is 21.7. The number of piperidine rings is 1. The second kappa shape index (κ2) is 8.12. The smallest absolute Gasteiger partial charge is 0.372 e. The van der Waals surface area contributed by atoms with Crippen LogP contribution < -0.4 is 0 Å². The number of likely N-dealkylation sites (tertiary alicyclic amines) is 1. The molecular weight excluding hydrogens is 393 g/mol. The molecule has 0 aliphatic carbocycles. The molecule has 2 fully saturated rings. The van der Waals surface area contributed by atoms with Gasteiger partial charge in [-0.3, -0.25) is 13.9 Å². The third-order valence-electron chi connectivity index (χ3n) is 5.45. The summed E-state index contributed by atoms with van der Waals surface area (Å²) in [6.07, 6.45) is -1.60. The van der Waals surface area contributed by atoms with Gasteiger partial charge in [-0.2, -0.15) is 13.2 Å². The number of carbonyl (C=O) groups excluding carboxylic acids is 1. The molecule has 3 rings (SSSR count). The standard InChI is InChI=1S/C19H25F3N2O3S/c1-14-11-15(28(2)26)3-4-16(14)17(25)24-7-5-18(6-8-24)12-23(9-10-27-18)13-19(20,21)22/h3-4,11H,5-10,12-13H2,1-2H3. The third kappa shape index (κ3) is 4.93. The van der Waals surface area contributed by atoms with Crippen LogP contribution in [0, 0.1) is 6.92 Å². The van der Waals surface area contributed by atoms with Gasteiger partial charge in [-0.15, -0.1) is 0 Å². The number of hydrogen-bond donors (Lipinski definition) is 0. The number of ether oxygens (including phenoxy) is 1. The van der Waals surface area contributed by atoms with Gasteiger partial charge in [0.2, 0.25) is 0 Å². The maximum atomic E-state index is 12.9. The second-order valence-corrected chi connectivity index (χ2v) is 8.96. The minimum absolute atomic E-state index is 0.108. The number of nitrogens with zero attached hydrogens (tertiary/aromatic N) is 2. The summed E-state index contributed by atoms with van der Waals surface area (Å²) < 4.78 is 55.6. The van der Waals surface area contributed by atoms with Crippen molar-refractivity contribution in [3.05, 3.63) is 29.3 Å². The van der Waals surface area contributed by atoms with Gasteiger partial charge in [0.05, 0.1) is 18.8 Å². The Hall–Kier alpha value is -1.45. The lowest BCUT2D eigenvalue weighted by Crippen LogP contribution is -2.58. The van der Waals surface area contributed by atoms with Gasteiger partial charge in [0.15, 0.2) is 0 Å². The van der Waals surface area contributed by atoms with Crippen molar-refractivity contribution in [2.75, 3.05) is 45.6 Å². The Morgan fingerprint density at radius 3 is 2.50 bits per heavy atom. The molecule has 2 saturated heterocycles. The predicted molar refractivity (Wildman–Crippen MR) is 99.8 cm³/mol. The fourth-order valence-corrected chi connectivity index (χ4v) is 4.56. The molecule has 0 saturated carbocycles. The highest BCUT2D eigenvalue weighted by Crippen LogP contribution is 2.32. The second-order valence-electron chi connectivity index (χ2n) is 7.58. The minimum Gasteiger partial charge on any atom is -0.372 e. The van der Waals surface area contributed by atoms with Crippen molar-refractivity contribution in [1.82, 2.24) is 9.80 Å². The van der Waals surface area contributed by atoms with Crippen molar-refractivity contribution in [1.29, 1.82) is 0 Å². The Morgan fingerprint density at radius 1 is 1.25 bits per heavy atom. The van der Waals surface area contributed by atoms with Gasteiger partial charge in [-0.1, -0.05) is 0 Å². The van der Waals surface area contributed by atoms with Crippen LogP contribution in [0.4, 0.5) is 13.2 Å². The van der Waals surface area contributed by atoms with Crippen molar-refractivity contribution in [3.8, 4) is 0 Å². The monoisotopic (exact) mass is 418 g/mol. The van der Waals surface area contributed by atoms with Crippen LogP contribution >= 0.6 is 0 Å². The summed E-state index contributed by atoms with van der Waals surface area (Å²) >= 11 is 0. The molecule has 28 heavy (non-hydrogen) atoms. The number of amides is 1. The van der Waals surface area contributed by atoms with Crippen molar-refractivity contribution < 1.29 is 26.9 Å². The SMILES string of the molecule is Cc1cc(S(C)=O)ccc1C(=O)N1CCC2(CC1)CN(CC(F)(F)F)CCO2. The Balaban J connectivity index is 1.63. The molecule has 1 aromatic carbocycles. The molecular formula is C19H25F3N2O3S. The molecule has 1 atom stereocenters. The van der Waals surface area contributed by atoms with Crippen LogP contribution in [0.2, 0.25) is 0 Å². The molecule has 0 bridgehead atoms. The number of carbonyl (C=O) groups is 1. The van der Waals surface area contributed by atoms with E-state index in [-0.39, 0.29) is 25.6 Å². The van der Waals surface area contributed by atoms with Crippen molar-refractivity contribution in [2.45, 2.75) is 36.4 Å². The molecule has 0 aromatic heterocycles. The van der Waals surface area contributed by atoms with E-state index in [9.17, 15) is 22.2 Å². The first-order valence-corrected chi connectivity index (χ1v) is 10.8. The predicted octanol–water partition coefficient (Wildman–Crippen LogP) is 2.60. The van der Waals surface area contributed by atoms with E-state index >= 15 is 0 Å². The Bertz CT molecular complexity index is 761. The highest BCUT2D eigenvalue weighted by Gasteiger charge is 2.43. The maximum absolute atomic E-state index is 12.9. The summed E-state index contributed by atoms with van der Waals surface area (Å²) in [5.74, 6) is -0.108. The van der Waals surface area contributed by atoms with Gasteiger partial charge in [-0.05, 0) is 43.5 Å². The Kier molecular flexibility index (Phi) is 6.17. The van der Waals surface area contributed by atoms with E-state index in [0.29, 0.717) is 36.4 Å². The summed E-state index contributed by atoms with van der Waals surface area (Å²) in [6.45, 7) is 2.57. The zero-order valence-corrected chi connectivity index (χ0v) is 16.9. The van der Waals surface area contributed by atoms with Gasteiger partial charge >= 0.3 is 6.18 Å². The van der Waals surface area contributed by atoms with E-state index in [2.05, 4.69) is 0 Å². The van der Waals surface area contributed by atoms with Crippen molar-refractivity contribution >= 4 is 16.7 Å². The lowest BCUT2D eigenvalue weighted by molar-refractivity contribution is -0.182. The van der Waals surface area contributed by atoms with Crippen LogP contribution in [0.25, 0.3) is 0 Å².